The van der Waals surface area contributed by atoms with E-state index in [1.165, 1.54) is 13.8 Å². The molecule has 21 heavy (non-hydrogen) atoms. The number of carbonyl (C=O) groups is 3. The first-order chi connectivity index (χ1) is 9.70. The highest BCUT2D eigenvalue weighted by Crippen LogP contribution is 2.19. The number of amides is 3. The first kappa shape index (κ1) is 16.7. The Morgan fingerprint density at radius 2 is 2.05 bits per heavy atom. The summed E-state index contributed by atoms with van der Waals surface area (Å²) in [6, 6.07) is -0.634. The lowest BCUT2D eigenvalue weighted by atomic mass is 9.89. The number of aliphatic carboxylic acids is 1. The van der Waals surface area contributed by atoms with Gasteiger partial charge in [0.05, 0.1) is 11.6 Å². The lowest BCUT2D eigenvalue weighted by Crippen LogP contribution is -2.42. The number of nitrogens with one attached hydrogen (secondary N) is 2. The minimum atomic E-state index is -1.21. The van der Waals surface area contributed by atoms with Gasteiger partial charge in [-0.15, -0.1) is 0 Å². The molecule has 0 saturated carbocycles. The molecule has 0 saturated heterocycles. The number of aryl methyl sites for hydroxylation is 1. The SMILES string of the molecule is Cn1cc(CCNC(=O)NC(=O)CC(C)(C)C(=O)O)cn1. The normalized spacial score (nSPS) is 11.0. The number of carboxylic acid groups (broad SMARTS) is 1. The van der Waals surface area contributed by atoms with Crippen molar-refractivity contribution in [2.75, 3.05) is 6.54 Å². The fraction of sp³-hybridized carbons (Fsp3) is 0.538. The van der Waals surface area contributed by atoms with Crippen molar-refractivity contribution in [2.24, 2.45) is 12.5 Å². The van der Waals surface area contributed by atoms with Gasteiger partial charge in [0.2, 0.25) is 5.91 Å². The molecule has 0 aliphatic carbocycles. The molecule has 1 aromatic rings. The summed E-state index contributed by atoms with van der Waals surface area (Å²) in [6.07, 6.45) is 3.86. The lowest BCUT2D eigenvalue weighted by molar-refractivity contribution is -0.149. The summed E-state index contributed by atoms with van der Waals surface area (Å²) >= 11 is 0. The summed E-state index contributed by atoms with van der Waals surface area (Å²) in [4.78, 5) is 33.9. The van der Waals surface area contributed by atoms with Crippen LogP contribution in [-0.2, 0) is 23.1 Å². The van der Waals surface area contributed by atoms with Crippen LogP contribution in [0, 0.1) is 5.41 Å². The van der Waals surface area contributed by atoms with Crippen LogP contribution in [0.3, 0.4) is 0 Å². The van der Waals surface area contributed by atoms with Crippen LogP contribution in [0.15, 0.2) is 12.4 Å². The van der Waals surface area contributed by atoms with Gasteiger partial charge in [0, 0.05) is 26.2 Å². The van der Waals surface area contributed by atoms with Crippen molar-refractivity contribution in [3.8, 4) is 0 Å². The van der Waals surface area contributed by atoms with Gasteiger partial charge in [0.25, 0.3) is 0 Å². The maximum absolute atomic E-state index is 11.6. The van der Waals surface area contributed by atoms with Crippen molar-refractivity contribution in [1.82, 2.24) is 20.4 Å². The molecule has 0 aliphatic rings. The van der Waals surface area contributed by atoms with Crippen molar-refractivity contribution in [3.63, 3.8) is 0 Å². The number of urea groups is 1. The molecule has 3 N–H and O–H groups in total. The maximum Gasteiger partial charge on any atom is 0.321 e. The van der Waals surface area contributed by atoms with Gasteiger partial charge in [0.15, 0.2) is 0 Å². The number of hydrogen-bond acceptors (Lipinski definition) is 4. The summed E-state index contributed by atoms with van der Waals surface area (Å²) < 4.78 is 1.66. The van der Waals surface area contributed by atoms with Gasteiger partial charge >= 0.3 is 12.0 Å². The Morgan fingerprint density at radius 1 is 1.38 bits per heavy atom. The molecule has 0 bridgehead atoms. The smallest absolute Gasteiger partial charge is 0.321 e. The third kappa shape index (κ3) is 5.64. The minimum Gasteiger partial charge on any atom is -0.481 e. The van der Waals surface area contributed by atoms with E-state index in [2.05, 4.69) is 15.7 Å². The fourth-order valence-corrected chi connectivity index (χ4v) is 1.61. The highest BCUT2D eigenvalue weighted by molar-refractivity contribution is 5.96. The molecule has 0 atom stereocenters. The summed E-state index contributed by atoms with van der Waals surface area (Å²) in [6.45, 7) is 3.21. The molecular formula is C13H20N4O4. The van der Waals surface area contributed by atoms with Crippen LogP contribution in [0.25, 0.3) is 0 Å². The molecule has 8 nitrogen and oxygen atoms in total. The molecule has 1 rings (SSSR count). The maximum atomic E-state index is 11.6. The summed E-state index contributed by atoms with van der Waals surface area (Å²) in [5.41, 5.74) is -0.240. The predicted molar refractivity (Wildman–Crippen MR) is 74.5 cm³/mol. The van der Waals surface area contributed by atoms with Gasteiger partial charge in [0.1, 0.15) is 0 Å². The van der Waals surface area contributed by atoms with E-state index in [0.717, 1.165) is 5.56 Å². The van der Waals surface area contributed by atoms with Gasteiger partial charge < -0.3 is 10.4 Å². The average molecular weight is 296 g/mol. The number of aromatic nitrogens is 2. The van der Waals surface area contributed by atoms with Gasteiger partial charge in [-0.3, -0.25) is 19.6 Å². The Labute approximate surface area is 122 Å². The van der Waals surface area contributed by atoms with E-state index in [0.29, 0.717) is 13.0 Å². The Hall–Kier alpha value is -2.38. The fourth-order valence-electron chi connectivity index (χ4n) is 1.61. The molecule has 1 heterocycles. The monoisotopic (exact) mass is 296 g/mol. The largest absolute Gasteiger partial charge is 0.481 e. The summed E-state index contributed by atoms with van der Waals surface area (Å²) in [5, 5.41) is 17.5. The zero-order valence-corrected chi connectivity index (χ0v) is 12.3. The highest BCUT2D eigenvalue weighted by atomic mass is 16.4. The minimum absolute atomic E-state index is 0.266. The molecule has 0 unspecified atom stereocenters. The zero-order chi connectivity index (χ0) is 16.0. The van der Waals surface area contributed by atoms with Crippen LogP contribution < -0.4 is 10.6 Å². The molecular weight excluding hydrogens is 276 g/mol. The molecule has 0 aromatic carbocycles. The predicted octanol–water partition coefficient (Wildman–Crippen LogP) is 0.289. The number of rotatable bonds is 6. The van der Waals surface area contributed by atoms with Crippen LogP contribution in [0.1, 0.15) is 25.8 Å². The standard InChI is InChI=1S/C13H20N4O4/c1-13(2,11(19)20)6-10(18)16-12(21)14-5-4-9-7-15-17(3)8-9/h7-8H,4-6H2,1-3H3,(H,19,20)(H2,14,16,18,21). The molecule has 8 heteroatoms. The zero-order valence-electron chi connectivity index (χ0n) is 12.3. The lowest BCUT2D eigenvalue weighted by Gasteiger charge is -2.17. The topological polar surface area (TPSA) is 113 Å². The van der Waals surface area contributed by atoms with Crippen LogP contribution >= 0.6 is 0 Å². The Kier molecular flexibility index (Phi) is 5.45. The van der Waals surface area contributed by atoms with E-state index in [1.54, 1.807) is 17.9 Å². The van der Waals surface area contributed by atoms with Gasteiger partial charge in [-0.2, -0.15) is 5.10 Å². The van der Waals surface area contributed by atoms with Crippen molar-refractivity contribution < 1.29 is 19.5 Å². The van der Waals surface area contributed by atoms with E-state index < -0.39 is 23.3 Å². The quantitative estimate of drug-likeness (QED) is 0.698. The van der Waals surface area contributed by atoms with Gasteiger partial charge in [-0.05, 0) is 25.8 Å². The molecule has 0 fully saturated rings. The Morgan fingerprint density at radius 3 is 2.57 bits per heavy atom. The first-order valence-corrected chi connectivity index (χ1v) is 6.49. The molecule has 0 aliphatic heterocycles. The van der Waals surface area contributed by atoms with E-state index in [-0.39, 0.29) is 6.42 Å². The molecule has 3 amide bonds. The van der Waals surface area contributed by atoms with Crippen LogP contribution in [0.5, 0.6) is 0 Å². The van der Waals surface area contributed by atoms with Gasteiger partial charge in [-0.25, -0.2) is 4.79 Å². The number of hydrogen-bond donors (Lipinski definition) is 3. The third-order valence-electron chi connectivity index (χ3n) is 2.89. The highest BCUT2D eigenvalue weighted by Gasteiger charge is 2.30. The summed E-state index contributed by atoms with van der Waals surface area (Å²) in [7, 11) is 1.80. The third-order valence-corrected chi connectivity index (χ3v) is 2.89. The molecule has 0 radical (unpaired) electrons. The van der Waals surface area contributed by atoms with Crippen LogP contribution in [-0.4, -0.2) is 39.3 Å². The van der Waals surface area contributed by atoms with Crippen LogP contribution in [0.2, 0.25) is 0 Å². The van der Waals surface area contributed by atoms with E-state index >= 15 is 0 Å². The van der Waals surface area contributed by atoms with Crippen molar-refractivity contribution in [3.05, 3.63) is 18.0 Å². The van der Waals surface area contributed by atoms with Crippen molar-refractivity contribution >= 4 is 17.9 Å². The van der Waals surface area contributed by atoms with E-state index in [1.807, 2.05) is 6.20 Å². The van der Waals surface area contributed by atoms with E-state index in [4.69, 9.17) is 5.11 Å². The number of carboxylic acids is 1. The second-order valence-electron chi connectivity index (χ2n) is 5.44. The Balaban J connectivity index is 2.30. The summed E-state index contributed by atoms with van der Waals surface area (Å²) in [5.74, 6) is -1.71. The van der Waals surface area contributed by atoms with Crippen LogP contribution in [0.4, 0.5) is 4.79 Å². The molecule has 0 spiro atoms. The van der Waals surface area contributed by atoms with Crippen molar-refractivity contribution in [2.45, 2.75) is 26.7 Å². The number of imide groups is 1. The number of nitrogens with zero attached hydrogens (tertiary/aromatic N) is 2. The van der Waals surface area contributed by atoms with Crippen molar-refractivity contribution in [1.29, 1.82) is 0 Å². The average Bonchev–Trinajstić information content (AvgIpc) is 2.73. The first-order valence-electron chi connectivity index (χ1n) is 6.49. The molecule has 1 aromatic heterocycles. The number of carbonyl (C=O) groups excluding carboxylic acids is 2. The van der Waals surface area contributed by atoms with E-state index in [9.17, 15) is 14.4 Å². The second-order valence-corrected chi connectivity index (χ2v) is 5.44. The van der Waals surface area contributed by atoms with Gasteiger partial charge in [-0.1, -0.05) is 0 Å². The Bertz CT molecular complexity index is 536. The second kappa shape index (κ2) is 6.87. The molecule has 116 valence electrons.